The summed E-state index contributed by atoms with van der Waals surface area (Å²) in [4.78, 5) is 18.5. The Morgan fingerprint density at radius 3 is 2.76 bits per heavy atom. The van der Waals surface area contributed by atoms with Crippen molar-refractivity contribution in [2.45, 2.75) is 25.1 Å². The van der Waals surface area contributed by atoms with Gasteiger partial charge in [-0.15, -0.1) is 0 Å². The average molecular weight is 299 g/mol. The molecule has 0 aliphatic rings. The van der Waals surface area contributed by atoms with Crippen LogP contribution >= 0.6 is 15.9 Å². The molecule has 3 nitrogen and oxygen atoms in total. The lowest BCUT2D eigenvalue weighted by molar-refractivity contribution is 0.625. The number of aromatic nitrogens is 2. The number of nitrogens with one attached hydrogen (secondary N) is 1. The number of aromatic amines is 1. The Labute approximate surface area is 106 Å². The Balaban J connectivity index is 2.79. The number of alkyl halides is 1. The lowest BCUT2D eigenvalue weighted by Crippen LogP contribution is -2.17. The molecule has 5 heteroatoms. The van der Waals surface area contributed by atoms with Crippen molar-refractivity contribution < 1.29 is 4.39 Å². The van der Waals surface area contributed by atoms with E-state index in [1.807, 2.05) is 13.8 Å². The van der Waals surface area contributed by atoms with Crippen molar-refractivity contribution in [1.82, 2.24) is 9.97 Å². The molecule has 0 aliphatic heterocycles. The number of benzene rings is 1. The molecule has 2 aromatic rings. The fraction of sp³-hybridized carbons (Fsp3) is 0.333. The van der Waals surface area contributed by atoms with Crippen LogP contribution in [0.3, 0.4) is 0 Å². The fourth-order valence-corrected chi connectivity index (χ4v) is 2.11. The first-order valence-corrected chi connectivity index (χ1v) is 6.44. The van der Waals surface area contributed by atoms with Gasteiger partial charge in [-0.2, -0.15) is 0 Å². The normalized spacial score (nSPS) is 11.4. The van der Waals surface area contributed by atoms with Gasteiger partial charge in [0.2, 0.25) is 0 Å². The molecule has 1 aromatic carbocycles. The number of nitrogens with zero attached hydrogens (tertiary/aromatic N) is 1. The topological polar surface area (TPSA) is 45.8 Å². The molecule has 0 unspecified atom stereocenters. The van der Waals surface area contributed by atoms with Crippen molar-refractivity contribution in [1.29, 1.82) is 0 Å². The van der Waals surface area contributed by atoms with Gasteiger partial charge in [-0.25, -0.2) is 9.37 Å². The Kier molecular flexibility index (Phi) is 3.28. The minimum atomic E-state index is -0.417. The molecule has 0 bridgehead atoms. The number of hydrogen-bond donors (Lipinski definition) is 1. The third-order valence-electron chi connectivity index (χ3n) is 2.60. The van der Waals surface area contributed by atoms with E-state index in [9.17, 15) is 9.18 Å². The molecule has 1 N–H and O–H groups in total. The van der Waals surface area contributed by atoms with Gasteiger partial charge >= 0.3 is 0 Å². The smallest absolute Gasteiger partial charge is 0.270 e. The third kappa shape index (κ3) is 2.11. The summed E-state index contributed by atoms with van der Waals surface area (Å²) in [6, 6.07) is 3.39. The van der Waals surface area contributed by atoms with Crippen LogP contribution in [0.4, 0.5) is 4.39 Å². The second kappa shape index (κ2) is 4.56. The molecule has 90 valence electrons. The standard InChI is InChI=1S/C12H12BrFN2O/c1-6(2)10-12(17)16-11-8(15-10)4-3-7(5-13)9(11)14/h3-4,6H,5H2,1-2H3,(H,16,17). The first-order valence-electron chi connectivity index (χ1n) is 5.32. The number of hydrogen-bond acceptors (Lipinski definition) is 2. The summed E-state index contributed by atoms with van der Waals surface area (Å²) in [5.41, 5.74) is 1.28. The van der Waals surface area contributed by atoms with E-state index in [1.54, 1.807) is 12.1 Å². The first-order chi connectivity index (χ1) is 8.04. The van der Waals surface area contributed by atoms with Gasteiger partial charge in [-0.05, 0) is 6.07 Å². The van der Waals surface area contributed by atoms with Crippen molar-refractivity contribution in [2.24, 2.45) is 0 Å². The molecule has 0 saturated carbocycles. The van der Waals surface area contributed by atoms with Crippen LogP contribution in [0, 0.1) is 5.82 Å². The Bertz CT molecular complexity index is 622. The highest BCUT2D eigenvalue weighted by molar-refractivity contribution is 9.08. The van der Waals surface area contributed by atoms with Crippen molar-refractivity contribution >= 4 is 27.0 Å². The summed E-state index contributed by atoms with van der Waals surface area (Å²) in [5, 5.41) is 0.405. The second-order valence-electron chi connectivity index (χ2n) is 4.17. The SMILES string of the molecule is CC(C)c1nc2ccc(CBr)c(F)c2[nH]c1=O. The van der Waals surface area contributed by atoms with Crippen molar-refractivity contribution in [3.8, 4) is 0 Å². The first kappa shape index (κ1) is 12.2. The zero-order valence-corrected chi connectivity index (χ0v) is 11.1. The summed E-state index contributed by atoms with van der Waals surface area (Å²) in [6.07, 6.45) is 0. The van der Waals surface area contributed by atoms with E-state index in [2.05, 4.69) is 25.9 Å². The molecule has 0 saturated heterocycles. The van der Waals surface area contributed by atoms with E-state index in [1.165, 1.54) is 0 Å². The molecular weight excluding hydrogens is 287 g/mol. The lowest BCUT2D eigenvalue weighted by Gasteiger charge is -2.07. The maximum Gasteiger partial charge on any atom is 0.270 e. The van der Waals surface area contributed by atoms with Crippen molar-refractivity contribution in [3.05, 3.63) is 39.6 Å². The van der Waals surface area contributed by atoms with Gasteiger partial charge in [-0.3, -0.25) is 4.79 Å². The minimum absolute atomic E-state index is 0.0158. The van der Waals surface area contributed by atoms with Crippen LogP contribution in [0.15, 0.2) is 16.9 Å². The number of rotatable bonds is 2. The molecule has 0 spiro atoms. The summed E-state index contributed by atoms with van der Waals surface area (Å²) in [7, 11) is 0. The van der Waals surface area contributed by atoms with E-state index in [4.69, 9.17) is 0 Å². The van der Waals surface area contributed by atoms with Gasteiger partial charge < -0.3 is 4.98 Å². The summed E-state index contributed by atoms with van der Waals surface area (Å²) < 4.78 is 13.9. The molecule has 0 amide bonds. The monoisotopic (exact) mass is 298 g/mol. The van der Waals surface area contributed by atoms with E-state index >= 15 is 0 Å². The Hall–Kier alpha value is -1.23. The van der Waals surface area contributed by atoms with Crippen molar-refractivity contribution in [2.75, 3.05) is 0 Å². The lowest BCUT2D eigenvalue weighted by atomic mass is 10.1. The highest BCUT2D eigenvalue weighted by atomic mass is 79.9. The predicted octanol–water partition coefficient (Wildman–Crippen LogP) is 3.08. The Morgan fingerprint density at radius 1 is 1.47 bits per heavy atom. The van der Waals surface area contributed by atoms with Crippen LogP contribution in [0.5, 0.6) is 0 Å². The van der Waals surface area contributed by atoms with Crippen LogP contribution in [-0.2, 0) is 5.33 Å². The number of H-pyrrole nitrogens is 1. The highest BCUT2D eigenvalue weighted by Gasteiger charge is 2.12. The molecule has 1 heterocycles. The van der Waals surface area contributed by atoms with E-state index in [0.717, 1.165) is 0 Å². The van der Waals surface area contributed by atoms with Gasteiger partial charge in [0.25, 0.3) is 5.56 Å². The summed E-state index contributed by atoms with van der Waals surface area (Å²) in [5.74, 6) is -0.402. The van der Waals surface area contributed by atoms with Crippen molar-refractivity contribution in [3.63, 3.8) is 0 Å². The fourth-order valence-electron chi connectivity index (χ4n) is 1.67. The number of halogens is 2. The molecule has 17 heavy (non-hydrogen) atoms. The molecule has 1 aromatic heterocycles. The van der Waals surface area contributed by atoms with E-state index in [-0.39, 0.29) is 17.0 Å². The molecular formula is C12H12BrFN2O. The predicted molar refractivity (Wildman–Crippen MR) is 69.0 cm³/mol. The van der Waals surface area contributed by atoms with E-state index < -0.39 is 5.82 Å². The minimum Gasteiger partial charge on any atom is -0.317 e. The molecule has 0 radical (unpaired) electrons. The van der Waals surface area contributed by atoms with Gasteiger partial charge in [0, 0.05) is 16.8 Å². The second-order valence-corrected chi connectivity index (χ2v) is 4.73. The largest absolute Gasteiger partial charge is 0.317 e. The van der Waals surface area contributed by atoms with Crippen LogP contribution in [0.25, 0.3) is 11.0 Å². The van der Waals surface area contributed by atoms with Crippen LogP contribution in [0.1, 0.15) is 31.0 Å². The Morgan fingerprint density at radius 2 is 2.18 bits per heavy atom. The third-order valence-corrected chi connectivity index (χ3v) is 3.21. The quantitative estimate of drug-likeness (QED) is 0.866. The molecule has 0 aliphatic carbocycles. The molecule has 2 rings (SSSR count). The van der Waals surface area contributed by atoms with Gasteiger partial charge in [-0.1, -0.05) is 35.8 Å². The van der Waals surface area contributed by atoms with Gasteiger partial charge in [0.1, 0.15) is 11.2 Å². The van der Waals surface area contributed by atoms with Crippen LogP contribution in [-0.4, -0.2) is 9.97 Å². The molecule has 0 atom stereocenters. The summed E-state index contributed by atoms with van der Waals surface area (Å²) >= 11 is 3.20. The summed E-state index contributed by atoms with van der Waals surface area (Å²) in [6.45, 7) is 3.76. The van der Waals surface area contributed by atoms with Gasteiger partial charge in [0.15, 0.2) is 5.82 Å². The zero-order valence-electron chi connectivity index (χ0n) is 9.55. The maximum absolute atomic E-state index is 13.9. The maximum atomic E-state index is 13.9. The highest BCUT2D eigenvalue weighted by Crippen LogP contribution is 2.20. The zero-order chi connectivity index (χ0) is 12.6. The van der Waals surface area contributed by atoms with Crippen LogP contribution in [0.2, 0.25) is 0 Å². The van der Waals surface area contributed by atoms with E-state index in [0.29, 0.717) is 22.1 Å². The van der Waals surface area contributed by atoms with Gasteiger partial charge in [0.05, 0.1) is 5.52 Å². The molecule has 0 fully saturated rings. The van der Waals surface area contributed by atoms with Crippen LogP contribution < -0.4 is 5.56 Å². The number of fused-ring (bicyclic) bond motifs is 1. The average Bonchev–Trinajstić information content (AvgIpc) is 2.29.